The molecule has 0 atom stereocenters. The molecule has 6 heteroatoms. The van der Waals surface area contributed by atoms with E-state index >= 15 is 0 Å². The average molecular weight is 298 g/mol. The lowest BCUT2D eigenvalue weighted by Crippen LogP contribution is -2.04. The Morgan fingerprint density at radius 1 is 1.11 bits per heavy atom. The SMILES string of the molecule is COc1ccc(S(=O)(=O)c2ccc(C)nc2Cl)cc1. The standard InChI is InChI=1S/C13H12ClNO3S/c1-9-3-8-12(13(14)15-9)19(16,17)11-6-4-10(18-2)5-7-11/h3-8H,1-2H3. The highest BCUT2D eigenvalue weighted by molar-refractivity contribution is 7.91. The van der Waals surface area contributed by atoms with Gasteiger partial charge in [-0.1, -0.05) is 11.6 Å². The van der Waals surface area contributed by atoms with Gasteiger partial charge in [0.2, 0.25) is 9.84 Å². The number of pyridine rings is 1. The zero-order valence-corrected chi connectivity index (χ0v) is 12.0. The summed E-state index contributed by atoms with van der Waals surface area (Å²) in [5, 5.41) is -0.0178. The number of ether oxygens (including phenoxy) is 1. The first-order valence-electron chi connectivity index (χ1n) is 5.47. The molecule has 0 aliphatic carbocycles. The van der Waals surface area contributed by atoms with Crippen LogP contribution in [0.4, 0.5) is 0 Å². The molecular formula is C13H12ClNO3S. The number of halogens is 1. The Morgan fingerprint density at radius 3 is 2.26 bits per heavy atom. The second-order valence-electron chi connectivity index (χ2n) is 3.92. The molecule has 0 aliphatic rings. The Bertz CT molecular complexity index is 696. The van der Waals surface area contributed by atoms with Gasteiger partial charge in [-0.3, -0.25) is 0 Å². The van der Waals surface area contributed by atoms with Gasteiger partial charge in [0.1, 0.15) is 15.8 Å². The summed E-state index contributed by atoms with van der Waals surface area (Å²) in [5.74, 6) is 0.590. The number of aryl methyl sites for hydroxylation is 1. The smallest absolute Gasteiger partial charge is 0.209 e. The Balaban J connectivity index is 2.52. The van der Waals surface area contributed by atoms with Crippen LogP contribution in [0.25, 0.3) is 0 Å². The third-order valence-corrected chi connectivity index (χ3v) is 4.81. The van der Waals surface area contributed by atoms with Crippen LogP contribution < -0.4 is 4.74 Å². The van der Waals surface area contributed by atoms with Crippen molar-refractivity contribution in [1.82, 2.24) is 4.98 Å². The molecule has 1 aromatic carbocycles. The van der Waals surface area contributed by atoms with Gasteiger partial charge in [0.15, 0.2) is 0 Å². The number of benzene rings is 1. The zero-order chi connectivity index (χ0) is 14.0. The number of rotatable bonds is 3. The number of sulfone groups is 1. The summed E-state index contributed by atoms with van der Waals surface area (Å²) >= 11 is 5.91. The maximum atomic E-state index is 12.4. The number of hydrogen-bond acceptors (Lipinski definition) is 4. The van der Waals surface area contributed by atoms with Gasteiger partial charge in [-0.05, 0) is 43.3 Å². The second kappa shape index (κ2) is 5.19. The van der Waals surface area contributed by atoms with Crippen molar-refractivity contribution in [2.45, 2.75) is 16.7 Å². The van der Waals surface area contributed by atoms with Crippen molar-refractivity contribution in [1.29, 1.82) is 0 Å². The van der Waals surface area contributed by atoms with E-state index in [0.717, 1.165) is 0 Å². The molecule has 0 fully saturated rings. The first-order valence-corrected chi connectivity index (χ1v) is 7.33. The van der Waals surface area contributed by atoms with E-state index in [9.17, 15) is 8.42 Å². The molecule has 0 spiro atoms. The molecule has 0 unspecified atom stereocenters. The molecule has 0 saturated heterocycles. The molecule has 0 radical (unpaired) electrons. The highest BCUT2D eigenvalue weighted by Crippen LogP contribution is 2.27. The van der Waals surface area contributed by atoms with Gasteiger partial charge < -0.3 is 4.74 Å². The minimum atomic E-state index is -3.66. The van der Waals surface area contributed by atoms with Crippen molar-refractivity contribution in [3.05, 3.63) is 47.2 Å². The zero-order valence-electron chi connectivity index (χ0n) is 10.4. The summed E-state index contributed by atoms with van der Waals surface area (Å²) in [6.07, 6.45) is 0. The molecule has 2 aromatic rings. The van der Waals surface area contributed by atoms with Crippen LogP contribution in [0.3, 0.4) is 0 Å². The van der Waals surface area contributed by atoms with Crippen LogP contribution in [0.2, 0.25) is 5.15 Å². The van der Waals surface area contributed by atoms with Gasteiger partial charge >= 0.3 is 0 Å². The van der Waals surface area contributed by atoms with Crippen LogP contribution in [0, 0.1) is 6.92 Å². The minimum Gasteiger partial charge on any atom is -0.497 e. The van der Waals surface area contributed by atoms with Crippen molar-refractivity contribution >= 4 is 21.4 Å². The summed E-state index contributed by atoms with van der Waals surface area (Å²) in [7, 11) is -2.14. The Hall–Kier alpha value is -1.59. The maximum Gasteiger partial charge on any atom is 0.209 e. The first kappa shape index (κ1) is 13.8. The second-order valence-corrected chi connectivity index (χ2v) is 6.20. The number of hydrogen-bond donors (Lipinski definition) is 0. The predicted molar refractivity (Wildman–Crippen MR) is 72.4 cm³/mol. The van der Waals surface area contributed by atoms with Crippen LogP contribution >= 0.6 is 11.6 Å². The average Bonchev–Trinajstić information content (AvgIpc) is 2.38. The lowest BCUT2D eigenvalue weighted by molar-refractivity contribution is 0.414. The first-order chi connectivity index (χ1) is 8.95. The molecule has 1 heterocycles. The fraction of sp³-hybridized carbons (Fsp3) is 0.154. The van der Waals surface area contributed by atoms with Crippen LogP contribution in [-0.4, -0.2) is 20.5 Å². The minimum absolute atomic E-state index is 0.00457. The summed E-state index contributed by atoms with van der Waals surface area (Å²) in [4.78, 5) is 4.12. The molecule has 0 aliphatic heterocycles. The maximum absolute atomic E-state index is 12.4. The van der Waals surface area contributed by atoms with E-state index in [-0.39, 0.29) is 14.9 Å². The van der Waals surface area contributed by atoms with Crippen LogP contribution in [0.1, 0.15) is 5.69 Å². The molecule has 100 valence electrons. The highest BCUT2D eigenvalue weighted by atomic mass is 35.5. The lowest BCUT2D eigenvalue weighted by atomic mass is 10.3. The van der Waals surface area contributed by atoms with Gasteiger partial charge in [0, 0.05) is 5.69 Å². The normalized spacial score (nSPS) is 11.3. The predicted octanol–water partition coefficient (Wildman–Crippen LogP) is 2.88. The van der Waals surface area contributed by atoms with Crippen molar-refractivity contribution in [2.75, 3.05) is 7.11 Å². The van der Waals surface area contributed by atoms with Crippen LogP contribution in [-0.2, 0) is 9.84 Å². The van der Waals surface area contributed by atoms with Crippen molar-refractivity contribution in [3.63, 3.8) is 0 Å². The van der Waals surface area contributed by atoms with E-state index in [1.807, 2.05) is 0 Å². The largest absolute Gasteiger partial charge is 0.497 e. The highest BCUT2D eigenvalue weighted by Gasteiger charge is 2.21. The summed E-state index contributed by atoms with van der Waals surface area (Å²) in [6, 6.07) is 9.20. The van der Waals surface area contributed by atoms with Crippen molar-refractivity contribution in [3.8, 4) is 5.75 Å². The molecule has 2 rings (SSSR count). The van der Waals surface area contributed by atoms with Crippen molar-refractivity contribution < 1.29 is 13.2 Å². The Labute approximate surface area is 116 Å². The molecule has 0 amide bonds. The van der Waals surface area contributed by atoms with Crippen LogP contribution in [0.15, 0.2) is 46.2 Å². The summed E-state index contributed by atoms with van der Waals surface area (Å²) in [6.45, 7) is 1.75. The summed E-state index contributed by atoms with van der Waals surface area (Å²) < 4.78 is 29.8. The van der Waals surface area contributed by atoms with E-state index in [1.54, 1.807) is 25.1 Å². The third-order valence-electron chi connectivity index (χ3n) is 2.61. The van der Waals surface area contributed by atoms with Gasteiger partial charge in [-0.2, -0.15) is 0 Å². The number of aromatic nitrogens is 1. The summed E-state index contributed by atoms with van der Waals surface area (Å²) in [5.41, 5.74) is 0.665. The molecule has 1 aromatic heterocycles. The fourth-order valence-electron chi connectivity index (χ4n) is 1.59. The van der Waals surface area contributed by atoms with Gasteiger partial charge in [0.25, 0.3) is 0 Å². The quantitative estimate of drug-likeness (QED) is 0.818. The number of nitrogens with zero attached hydrogens (tertiary/aromatic N) is 1. The molecule has 0 N–H and O–H groups in total. The topological polar surface area (TPSA) is 56.3 Å². The third kappa shape index (κ3) is 2.72. The molecule has 0 bridgehead atoms. The monoisotopic (exact) mass is 297 g/mol. The Kier molecular flexibility index (Phi) is 3.78. The van der Waals surface area contributed by atoms with Crippen molar-refractivity contribution in [2.24, 2.45) is 0 Å². The van der Waals surface area contributed by atoms with Crippen LogP contribution in [0.5, 0.6) is 5.75 Å². The van der Waals surface area contributed by atoms with E-state index < -0.39 is 9.84 Å². The van der Waals surface area contributed by atoms with E-state index in [4.69, 9.17) is 16.3 Å². The fourth-order valence-corrected chi connectivity index (χ4v) is 3.36. The molecular weight excluding hydrogens is 286 g/mol. The molecule has 19 heavy (non-hydrogen) atoms. The number of methoxy groups -OCH3 is 1. The van der Waals surface area contributed by atoms with Gasteiger partial charge in [0.05, 0.1) is 12.0 Å². The Morgan fingerprint density at radius 2 is 1.74 bits per heavy atom. The molecule has 4 nitrogen and oxygen atoms in total. The van der Waals surface area contributed by atoms with E-state index in [0.29, 0.717) is 11.4 Å². The lowest BCUT2D eigenvalue weighted by Gasteiger charge is -2.07. The van der Waals surface area contributed by atoms with Gasteiger partial charge in [-0.25, -0.2) is 13.4 Å². The van der Waals surface area contributed by atoms with E-state index in [2.05, 4.69) is 4.98 Å². The van der Waals surface area contributed by atoms with E-state index in [1.165, 1.54) is 25.3 Å². The molecule has 0 saturated carbocycles. The van der Waals surface area contributed by atoms with Gasteiger partial charge in [-0.15, -0.1) is 0 Å².